The van der Waals surface area contributed by atoms with Gasteiger partial charge in [-0.3, -0.25) is 0 Å². The van der Waals surface area contributed by atoms with E-state index in [0.29, 0.717) is 13.2 Å². The van der Waals surface area contributed by atoms with Crippen molar-refractivity contribution in [3.05, 3.63) is 0 Å². The summed E-state index contributed by atoms with van der Waals surface area (Å²) in [6.07, 6.45) is -4.71. The van der Waals surface area contributed by atoms with Crippen LogP contribution in [0.1, 0.15) is 33.6 Å². The Morgan fingerprint density at radius 3 is 2.27 bits per heavy atom. The SMILES string of the molecule is CCNC(CCC(F)(F)F)COC(C)C. The summed E-state index contributed by atoms with van der Waals surface area (Å²) < 4.78 is 41.3. The Kier molecular flexibility index (Phi) is 6.92. The monoisotopic (exact) mass is 227 g/mol. The molecule has 0 bridgehead atoms. The van der Waals surface area contributed by atoms with E-state index < -0.39 is 12.6 Å². The van der Waals surface area contributed by atoms with E-state index >= 15 is 0 Å². The Balaban J connectivity index is 3.82. The summed E-state index contributed by atoms with van der Waals surface area (Å²) in [5.41, 5.74) is 0. The van der Waals surface area contributed by atoms with E-state index in [1.54, 1.807) is 0 Å². The van der Waals surface area contributed by atoms with Gasteiger partial charge < -0.3 is 10.1 Å². The lowest BCUT2D eigenvalue weighted by atomic mass is 10.1. The van der Waals surface area contributed by atoms with Crippen molar-refractivity contribution < 1.29 is 17.9 Å². The summed E-state index contributed by atoms with van der Waals surface area (Å²) in [5, 5.41) is 2.99. The van der Waals surface area contributed by atoms with Crippen LogP contribution in [0.5, 0.6) is 0 Å². The highest BCUT2D eigenvalue weighted by Crippen LogP contribution is 2.22. The first-order valence-electron chi connectivity index (χ1n) is 5.27. The molecule has 0 heterocycles. The van der Waals surface area contributed by atoms with Crippen LogP contribution >= 0.6 is 0 Å². The van der Waals surface area contributed by atoms with Crippen molar-refractivity contribution in [2.45, 2.75) is 51.9 Å². The normalized spacial score (nSPS) is 14.6. The van der Waals surface area contributed by atoms with E-state index in [0.717, 1.165) is 0 Å². The molecule has 2 nitrogen and oxygen atoms in total. The predicted octanol–water partition coefficient (Wildman–Crippen LogP) is 2.73. The molecule has 0 aromatic rings. The van der Waals surface area contributed by atoms with Gasteiger partial charge >= 0.3 is 6.18 Å². The van der Waals surface area contributed by atoms with Crippen molar-refractivity contribution in [3.8, 4) is 0 Å². The maximum Gasteiger partial charge on any atom is 0.389 e. The average Bonchev–Trinajstić information content (AvgIpc) is 2.08. The first-order valence-corrected chi connectivity index (χ1v) is 5.27. The topological polar surface area (TPSA) is 21.3 Å². The van der Waals surface area contributed by atoms with Crippen molar-refractivity contribution in [1.29, 1.82) is 0 Å². The van der Waals surface area contributed by atoms with Gasteiger partial charge in [-0.25, -0.2) is 0 Å². The van der Waals surface area contributed by atoms with Crippen LogP contribution < -0.4 is 5.32 Å². The molecule has 0 amide bonds. The number of nitrogens with one attached hydrogen (secondary N) is 1. The number of hydrogen-bond acceptors (Lipinski definition) is 2. The van der Waals surface area contributed by atoms with Gasteiger partial charge in [0.05, 0.1) is 12.7 Å². The molecule has 0 aromatic carbocycles. The number of likely N-dealkylation sites (N-methyl/N-ethyl adjacent to an activating group) is 1. The molecule has 0 aliphatic carbocycles. The molecule has 0 aromatic heterocycles. The van der Waals surface area contributed by atoms with Crippen LogP contribution in [-0.2, 0) is 4.74 Å². The largest absolute Gasteiger partial charge is 0.389 e. The second-order valence-electron chi connectivity index (χ2n) is 3.79. The molecule has 1 atom stereocenters. The van der Waals surface area contributed by atoms with Gasteiger partial charge in [0.2, 0.25) is 0 Å². The molecule has 0 fully saturated rings. The number of halogens is 3. The smallest absolute Gasteiger partial charge is 0.377 e. The van der Waals surface area contributed by atoms with E-state index in [2.05, 4.69) is 5.32 Å². The third-order valence-corrected chi connectivity index (χ3v) is 1.90. The van der Waals surface area contributed by atoms with Gasteiger partial charge in [0.15, 0.2) is 0 Å². The van der Waals surface area contributed by atoms with Gasteiger partial charge in [0, 0.05) is 12.5 Å². The molecule has 0 saturated carbocycles. The Bertz CT molecular complexity index is 159. The van der Waals surface area contributed by atoms with E-state index in [-0.39, 0.29) is 18.6 Å². The van der Waals surface area contributed by atoms with Crippen LogP contribution in [0.3, 0.4) is 0 Å². The quantitative estimate of drug-likeness (QED) is 0.722. The Labute approximate surface area is 89.2 Å². The molecule has 15 heavy (non-hydrogen) atoms. The molecule has 0 aliphatic rings. The predicted molar refractivity (Wildman–Crippen MR) is 53.8 cm³/mol. The lowest BCUT2D eigenvalue weighted by molar-refractivity contribution is -0.137. The zero-order valence-corrected chi connectivity index (χ0v) is 9.53. The first kappa shape index (κ1) is 14.7. The second-order valence-corrected chi connectivity index (χ2v) is 3.79. The minimum absolute atomic E-state index is 0.0528. The van der Waals surface area contributed by atoms with E-state index in [4.69, 9.17) is 4.74 Å². The standard InChI is InChI=1S/C10H20F3NO/c1-4-14-9(7-15-8(2)3)5-6-10(11,12)13/h8-9,14H,4-7H2,1-3H3. The lowest BCUT2D eigenvalue weighted by Gasteiger charge is -2.20. The summed E-state index contributed by atoms with van der Waals surface area (Å²) in [6, 6.07) is -0.209. The summed E-state index contributed by atoms with van der Waals surface area (Å²) in [6.45, 7) is 6.60. The first-order chi connectivity index (χ1) is 6.85. The Hall–Kier alpha value is -0.290. The fraction of sp³-hybridized carbons (Fsp3) is 1.00. The highest BCUT2D eigenvalue weighted by atomic mass is 19.4. The highest BCUT2D eigenvalue weighted by Gasteiger charge is 2.28. The number of rotatable bonds is 7. The maximum atomic E-state index is 12.0. The van der Waals surface area contributed by atoms with Crippen LogP contribution in [0.4, 0.5) is 13.2 Å². The van der Waals surface area contributed by atoms with Crippen LogP contribution in [0, 0.1) is 0 Å². The number of hydrogen-bond donors (Lipinski definition) is 1. The lowest BCUT2D eigenvalue weighted by Crippen LogP contribution is -2.35. The van der Waals surface area contributed by atoms with Gasteiger partial charge in [-0.15, -0.1) is 0 Å². The van der Waals surface area contributed by atoms with Gasteiger partial charge in [-0.2, -0.15) is 13.2 Å². The van der Waals surface area contributed by atoms with Gasteiger partial charge in [-0.1, -0.05) is 6.92 Å². The van der Waals surface area contributed by atoms with Gasteiger partial charge in [0.1, 0.15) is 0 Å². The molecular weight excluding hydrogens is 207 g/mol. The van der Waals surface area contributed by atoms with Crippen molar-refractivity contribution >= 4 is 0 Å². The van der Waals surface area contributed by atoms with Crippen LogP contribution in [0.25, 0.3) is 0 Å². The van der Waals surface area contributed by atoms with Gasteiger partial charge in [-0.05, 0) is 26.8 Å². The molecular formula is C10H20F3NO. The summed E-state index contributed by atoms with van der Waals surface area (Å²) in [5.74, 6) is 0. The van der Waals surface area contributed by atoms with Crippen molar-refractivity contribution in [3.63, 3.8) is 0 Å². The minimum atomic E-state index is -4.08. The zero-order chi connectivity index (χ0) is 11.9. The molecule has 0 saturated heterocycles. The fourth-order valence-corrected chi connectivity index (χ4v) is 1.18. The molecule has 5 heteroatoms. The van der Waals surface area contributed by atoms with E-state index in [9.17, 15) is 13.2 Å². The molecule has 0 radical (unpaired) electrons. The zero-order valence-electron chi connectivity index (χ0n) is 9.53. The summed E-state index contributed by atoms with van der Waals surface area (Å²) >= 11 is 0. The van der Waals surface area contributed by atoms with Crippen LogP contribution in [0.15, 0.2) is 0 Å². The van der Waals surface area contributed by atoms with E-state index in [1.807, 2.05) is 20.8 Å². The summed E-state index contributed by atoms with van der Waals surface area (Å²) in [7, 11) is 0. The molecule has 92 valence electrons. The Morgan fingerprint density at radius 1 is 1.27 bits per heavy atom. The van der Waals surface area contributed by atoms with Crippen molar-refractivity contribution in [2.75, 3.05) is 13.2 Å². The van der Waals surface area contributed by atoms with Crippen LogP contribution in [0.2, 0.25) is 0 Å². The molecule has 1 N–H and O–H groups in total. The molecule has 0 aliphatic heterocycles. The third-order valence-electron chi connectivity index (χ3n) is 1.90. The summed E-state index contributed by atoms with van der Waals surface area (Å²) in [4.78, 5) is 0. The Morgan fingerprint density at radius 2 is 1.87 bits per heavy atom. The fourth-order valence-electron chi connectivity index (χ4n) is 1.18. The maximum absolute atomic E-state index is 12.0. The van der Waals surface area contributed by atoms with Crippen molar-refractivity contribution in [1.82, 2.24) is 5.32 Å². The minimum Gasteiger partial charge on any atom is -0.377 e. The number of alkyl halides is 3. The molecule has 0 spiro atoms. The molecule has 0 rings (SSSR count). The average molecular weight is 227 g/mol. The second kappa shape index (κ2) is 7.06. The number of ether oxygens (including phenoxy) is 1. The van der Waals surface area contributed by atoms with Crippen LogP contribution in [-0.4, -0.2) is 31.5 Å². The van der Waals surface area contributed by atoms with E-state index in [1.165, 1.54) is 0 Å². The van der Waals surface area contributed by atoms with Gasteiger partial charge in [0.25, 0.3) is 0 Å². The highest BCUT2D eigenvalue weighted by molar-refractivity contribution is 4.68. The third kappa shape index (κ3) is 10.0. The molecule has 1 unspecified atom stereocenters. The van der Waals surface area contributed by atoms with Crippen molar-refractivity contribution in [2.24, 2.45) is 0 Å².